The fourth-order valence-corrected chi connectivity index (χ4v) is 2.33. The molecule has 0 amide bonds. The van der Waals surface area contributed by atoms with Crippen LogP contribution in [0.15, 0.2) is 0 Å². The molecule has 0 aromatic carbocycles. The van der Waals surface area contributed by atoms with E-state index in [4.69, 9.17) is 25.1 Å². The van der Waals surface area contributed by atoms with Crippen LogP contribution in [-0.4, -0.2) is 93.7 Å². The van der Waals surface area contributed by atoms with Crippen molar-refractivity contribution in [1.82, 2.24) is 0 Å². The maximum Gasteiger partial charge on any atom is 0.184 e. The van der Waals surface area contributed by atoms with Gasteiger partial charge in [0, 0.05) is 0 Å². The number of carbonyl (C=O) groups excluding carboxylic acids is 1. The van der Waals surface area contributed by atoms with E-state index in [-0.39, 0.29) is 6.29 Å². The zero-order chi connectivity index (χ0) is 15.7. The Bertz CT molecular complexity index is 370. The van der Waals surface area contributed by atoms with Gasteiger partial charge in [0.05, 0.1) is 12.6 Å². The first-order chi connectivity index (χ1) is 9.90. The molecule has 0 aromatic rings. The average molecular weight is 309 g/mol. The number of aldehydes is 1. The van der Waals surface area contributed by atoms with Crippen molar-refractivity contribution in [3.05, 3.63) is 0 Å². The van der Waals surface area contributed by atoms with Crippen LogP contribution in [0.3, 0.4) is 0 Å². The summed E-state index contributed by atoms with van der Waals surface area (Å²) in [7, 11) is 0. The number of carbonyl (C=O) groups is 1. The van der Waals surface area contributed by atoms with E-state index in [1.807, 2.05) is 0 Å². The zero-order valence-corrected chi connectivity index (χ0v) is 10.9. The molecule has 0 unspecified atom stereocenters. The number of nitrogens with two attached hydrogens (primary N) is 1. The molecule has 21 heavy (non-hydrogen) atoms. The van der Waals surface area contributed by atoms with E-state index in [0.29, 0.717) is 0 Å². The van der Waals surface area contributed by atoms with Crippen LogP contribution < -0.4 is 5.73 Å². The minimum atomic E-state index is -1.55. The number of rotatable bonds is 4. The third-order valence-electron chi connectivity index (χ3n) is 3.60. The lowest BCUT2D eigenvalue weighted by atomic mass is 9.98. The molecule has 0 radical (unpaired) electrons. The largest absolute Gasteiger partial charge is 0.394 e. The molecule has 0 aliphatic carbocycles. The van der Waals surface area contributed by atoms with Gasteiger partial charge in [-0.1, -0.05) is 0 Å². The molecule has 7 N–H and O–H groups in total. The molecule has 2 fully saturated rings. The van der Waals surface area contributed by atoms with Crippen LogP contribution in [-0.2, 0) is 19.0 Å². The summed E-state index contributed by atoms with van der Waals surface area (Å²) in [6, 6.07) is -1.19. The van der Waals surface area contributed by atoms with Crippen LogP contribution in [0.4, 0.5) is 0 Å². The molecule has 2 aliphatic heterocycles. The van der Waals surface area contributed by atoms with Crippen LogP contribution in [0, 0.1) is 0 Å². The van der Waals surface area contributed by atoms with Crippen molar-refractivity contribution in [3.63, 3.8) is 0 Å². The lowest BCUT2D eigenvalue weighted by Crippen LogP contribution is -2.63. The van der Waals surface area contributed by atoms with Crippen LogP contribution in [0.25, 0.3) is 0 Å². The molecule has 0 aromatic heterocycles. The number of ether oxygens (including phenoxy) is 3. The summed E-state index contributed by atoms with van der Waals surface area (Å²) in [5.41, 5.74) is 5.65. The van der Waals surface area contributed by atoms with Crippen molar-refractivity contribution < 1.29 is 44.5 Å². The Morgan fingerprint density at radius 1 is 1.10 bits per heavy atom. The molecule has 0 saturated carbocycles. The fraction of sp³-hybridized carbons (Fsp3) is 0.909. The first-order valence-electron chi connectivity index (χ1n) is 6.41. The van der Waals surface area contributed by atoms with Gasteiger partial charge >= 0.3 is 0 Å². The topological polar surface area (TPSA) is 172 Å². The molecular formula is C11H19NO9. The van der Waals surface area contributed by atoms with Crippen molar-refractivity contribution in [1.29, 1.82) is 0 Å². The van der Waals surface area contributed by atoms with Gasteiger partial charge in [-0.05, 0) is 0 Å². The average Bonchev–Trinajstić information content (AvgIpc) is 2.75. The number of aliphatic hydroxyl groups excluding tert-OH is 5. The molecular weight excluding hydrogens is 290 g/mol. The van der Waals surface area contributed by atoms with E-state index >= 15 is 0 Å². The standard InChI is InChI=1S/C11H19NO9/c12-5-7(16)6(15)3(1-13)20-11(5)21-9-4(2-14)19-10(18)8(9)17/h1,3-11,14-18H,2,12H2/t3-,4-,5-,6-,7-,8-,9-,10-,11-/m1/s1. The van der Waals surface area contributed by atoms with Gasteiger partial charge in [-0.2, -0.15) is 0 Å². The van der Waals surface area contributed by atoms with E-state index < -0.39 is 61.9 Å². The van der Waals surface area contributed by atoms with Gasteiger partial charge in [-0.3, -0.25) is 0 Å². The molecule has 10 heteroatoms. The summed E-state index contributed by atoms with van der Waals surface area (Å²) in [4.78, 5) is 10.8. The van der Waals surface area contributed by atoms with Gasteiger partial charge in [0.25, 0.3) is 0 Å². The quantitative estimate of drug-likeness (QED) is 0.277. The Hall–Kier alpha value is -0.690. The number of hydrogen-bond acceptors (Lipinski definition) is 10. The summed E-state index contributed by atoms with van der Waals surface area (Å²) in [5.74, 6) is 0. The summed E-state index contributed by atoms with van der Waals surface area (Å²) in [6.45, 7) is -0.539. The molecule has 9 atom stereocenters. The molecule has 10 nitrogen and oxygen atoms in total. The molecule has 2 aliphatic rings. The first kappa shape index (κ1) is 16.7. The minimum absolute atomic E-state index is 0.288. The highest BCUT2D eigenvalue weighted by atomic mass is 16.7. The minimum Gasteiger partial charge on any atom is -0.394 e. The molecule has 2 saturated heterocycles. The summed E-state index contributed by atoms with van der Waals surface area (Å²) in [5, 5.41) is 47.5. The van der Waals surface area contributed by atoms with E-state index in [2.05, 4.69) is 0 Å². The van der Waals surface area contributed by atoms with Gasteiger partial charge in [0.2, 0.25) is 0 Å². The van der Waals surface area contributed by atoms with E-state index in [0.717, 1.165) is 0 Å². The fourth-order valence-electron chi connectivity index (χ4n) is 2.33. The second-order valence-electron chi connectivity index (χ2n) is 5.00. The monoisotopic (exact) mass is 309 g/mol. The Morgan fingerprint density at radius 2 is 1.76 bits per heavy atom. The van der Waals surface area contributed by atoms with Gasteiger partial charge in [-0.25, -0.2) is 0 Å². The Morgan fingerprint density at radius 3 is 2.33 bits per heavy atom. The highest BCUT2D eigenvalue weighted by Gasteiger charge is 2.49. The second kappa shape index (κ2) is 6.60. The molecule has 0 bridgehead atoms. The van der Waals surface area contributed by atoms with E-state index in [9.17, 15) is 25.2 Å². The van der Waals surface area contributed by atoms with E-state index in [1.165, 1.54) is 0 Å². The van der Waals surface area contributed by atoms with Crippen LogP contribution in [0.5, 0.6) is 0 Å². The predicted octanol–water partition coefficient (Wildman–Crippen LogP) is -4.59. The van der Waals surface area contributed by atoms with Crippen molar-refractivity contribution in [3.8, 4) is 0 Å². The SMILES string of the molecule is N[C@H]1[C@@H](O[C@H]2[C@@H](O)[C@H](O)O[C@@H]2CO)O[C@H](C=O)[C@@H](O)[C@@H]1O. The van der Waals surface area contributed by atoms with E-state index in [1.54, 1.807) is 0 Å². The second-order valence-corrected chi connectivity index (χ2v) is 5.00. The normalized spacial score (nSPS) is 51.0. The van der Waals surface area contributed by atoms with Crippen LogP contribution in [0.1, 0.15) is 0 Å². The van der Waals surface area contributed by atoms with Gasteiger partial charge in [0.15, 0.2) is 18.9 Å². The molecule has 2 rings (SSSR count). The van der Waals surface area contributed by atoms with Gasteiger partial charge in [-0.15, -0.1) is 0 Å². The molecule has 0 spiro atoms. The highest BCUT2D eigenvalue weighted by Crippen LogP contribution is 2.27. The molecule has 122 valence electrons. The van der Waals surface area contributed by atoms with Gasteiger partial charge in [0.1, 0.15) is 36.6 Å². The summed E-state index contributed by atoms with van der Waals surface area (Å²) >= 11 is 0. The Labute approximate surface area is 119 Å². The zero-order valence-electron chi connectivity index (χ0n) is 10.9. The Balaban J connectivity index is 2.08. The first-order valence-corrected chi connectivity index (χ1v) is 6.41. The maximum absolute atomic E-state index is 10.8. The van der Waals surface area contributed by atoms with Crippen molar-refractivity contribution in [2.75, 3.05) is 6.61 Å². The lowest BCUT2D eigenvalue weighted by molar-refractivity contribution is -0.273. The molecule has 2 heterocycles. The maximum atomic E-state index is 10.8. The smallest absolute Gasteiger partial charge is 0.184 e. The predicted molar refractivity (Wildman–Crippen MR) is 63.6 cm³/mol. The summed E-state index contributed by atoms with van der Waals surface area (Å²) < 4.78 is 15.3. The third kappa shape index (κ3) is 3.08. The number of aliphatic hydroxyl groups is 5. The van der Waals surface area contributed by atoms with Gasteiger partial charge < -0.3 is 50.3 Å². The highest BCUT2D eigenvalue weighted by molar-refractivity contribution is 5.57. The Kier molecular flexibility index (Phi) is 5.24. The lowest BCUT2D eigenvalue weighted by Gasteiger charge is -2.40. The van der Waals surface area contributed by atoms with Crippen LogP contribution in [0.2, 0.25) is 0 Å². The van der Waals surface area contributed by atoms with Crippen LogP contribution >= 0.6 is 0 Å². The third-order valence-corrected chi connectivity index (χ3v) is 3.60. The summed E-state index contributed by atoms with van der Waals surface area (Å²) in [6.07, 6.45) is -10.6. The number of hydrogen-bond donors (Lipinski definition) is 6. The van der Waals surface area contributed by atoms with Crippen molar-refractivity contribution >= 4 is 6.29 Å². The van der Waals surface area contributed by atoms with Crippen molar-refractivity contribution in [2.45, 2.75) is 55.2 Å². The van der Waals surface area contributed by atoms with Crippen molar-refractivity contribution in [2.24, 2.45) is 5.73 Å².